The molecule has 0 fully saturated rings. The summed E-state index contributed by atoms with van der Waals surface area (Å²) in [6.07, 6.45) is 0. The molecule has 78 valence electrons. The molecule has 0 aliphatic rings. The number of hydrogen-bond acceptors (Lipinski definition) is 4. The molecule has 0 aromatic heterocycles. The second kappa shape index (κ2) is 3.52. The van der Waals surface area contributed by atoms with Crippen LogP contribution in [0.25, 0.3) is 10.8 Å². The van der Waals surface area contributed by atoms with Crippen molar-refractivity contribution in [3.05, 3.63) is 30.3 Å². The van der Waals surface area contributed by atoms with Gasteiger partial charge in [-0.2, -0.15) is 0 Å². The summed E-state index contributed by atoms with van der Waals surface area (Å²) in [7, 11) is 0. The van der Waals surface area contributed by atoms with E-state index in [-0.39, 0.29) is 10.6 Å². The van der Waals surface area contributed by atoms with Gasteiger partial charge in [-0.1, -0.05) is 0 Å². The Morgan fingerprint density at radius 2 is 2.00 bits per heavy atom. The van der Waals surface area contributed by atoms with Crippen LogP contribution >= 0.6 is 0 Å². The Labute approximate surface area is 88.6 Å². The first kappa shape index (κ1) is 9.95. The van der Waals surface area contributed by atoms with Gasteiger partial charge in [0, 0.05) is 16.0 Å². The maximum absolute atomic E-state index is 10.7. The third-order valence-electron chi connectivity index (χ3n) is 2.12. The van der Waals surface area contributed by atoms with E-state index in [1.165, 1.54) is 12.1 Å². The minimum absolute atomic E-state index is 0.0469. The molecule has 0 saturated carbocycles. The van der Waals surface area contributed by atoms with Gasteiger partial charge in [-0.15, -0.1) is 0 Å². The van der Waals surface area contributed by atoms with E-state index in [2.05, 4.69) is 0 Å². The molecule has 15 heavy (non-hydrogen) atoms. The minimum Gasteiger partial charge on any atom is -0.768 e. The molecule has 1 unspecified atom stereocenters. The zero-order valence-electron chi connectivity index (χ0n) is 7.64. The van der Waals surface area contributed by atoms with Crippen LogP contribution in [0.5, 0.6) is 5.75 Å². The van der Waals surface area contributed by atoms with Gasteiger partial charge in [0.05, 0.1) is 0 Å². The van der Waals surface area contributed by atoms with Crippen LogP contribution in [0.2, 0.25) is 0 Å². The smallest absolute Gasteiger partial charge is 0.124 e. The van der Waals surface area contributed by atoms with Crippen molar-refractivity contribution in [3.8, 4) is 5.75 Å². The highest BCUT2D eigenvalue weighted by Crippen LogP contribution is 2.28. The fraction of sp³-hybridized carbons (Fsp3) is 0. The fourth-order valence-corrected chi connectivity index (χ4v) is 1.87. The van der Waals surface area contributed by atoms with Gasteiger partial charge in [-0.25, -0.2) is 0 Å². The van der Waals surface area contributed by atoms with Crippen molar-refractivity contribution in [2.75, 3.05) is 5.73 Å². The maximum Gasteiger partial charge on any atom is 0.124 e. The van der Waals surface area contributed by atoms with Crippen molar-refractivity contribution in [1.29, 1.82) is 0 Å². The average molecular weight is 222 g/mol. The summed E-state index contributed by atoms with van der Waals surface area (Å²) in [6, 6.07) is 7.59. The molecule has 0 saturated heterocycles. The number of nitrogen functional groups attached to an aromatic ring is 1. The van der Waals surface area contributed by atoms with E-state index in [4.69, 9.17) is 5.73 Å². The Balaban J connectivity index is 2.79. The number of phenolic OH excluding ortho intramolecular Hbond substituents is 1. The molecule has 0 bridgehead atoms. The van der Waals surface area contributed by atoms with Gasteiger partial charge in [0.15, 0.2) is 0 Å². The van der Waals surface area contributed by atoms with Crippen LogP contribution in [-0.4, -0.2) is 13.9 Å². The lowest BCUT2D eigenvalue weighted by Crippen LogP contribution is -1.90. The zero-order valence-corrected chi connectivity index (χ0v) is 8.45. The summed E-state index contributed by atoms with van der Waals surface area (Å²) in [5.74, 6) is -0.0632. The minimum atomic E-state index is -2.35. The number of benzene rings is 2. The lowest BCUT2D eigenvalue weighted by Gasteiger charge is -2.08. The number of fused-ring (bicyclic) bond motifs is 1. The lowest BCUT2D eigenvalue weighted by molar-refractivity contribution is 0.479. The summed E-state index contributed by atoms with van der Waals surface area (Å²) in [5, 5.41) is 10.8. The molecular formula is C10H8NO3S-. The van der Waals surface area contributed by atoms with E-state index >= 15 is 0 Å². The van der Waals surface area contributed by atoms with E-state index in [9.17, 15) is 13.9 Å². The van der Waals surface area contributed by atoms with Crippen LogP contribution in [0.1, 0.15) is 0 Å². The van der Waals surface area contributed by atoms with Gasteiger partial charge in [0.2, 0.25) is 0 Å². The SMILES string of the molecule is Nc1ccc2c(O)cc(S(=O)[O-])cc2c1. The molecule has 0 aliphatic carbocycles. The van der Waals surface area contributed by atoms with E-state index in [0.29, 0.717) is 16.5 Å². The lowest BCUT2D eigenvalue weighted by atomic mass is 10.1. The molecule has 3 N–H and O–H groups in total. The number of aromatic hydroxyl groups is 1. The quantitative estimate of drug-likeness (QED) is 0.563. The number of phenols is 1. The highest BCUT2D eigenvalue weighted by Gasteiger charge is 2.03. The molecule has 5 heteroatoms. The highest BCUT2D eigenvalue weighted by atomic mass is 32.2. The monoisotopic (exact) mass is 222 g/mol. The molecule has 4 nitrogen and oxygen atoms in total. The van der Waals surface area contributed by atoms with Crippen LogP contribution < -0.4 is 5.73 Å². The third-order valence-corrected chi connectivity index (χ3v) is 2.74. The second-order valence-corrected chi connectivity index (χ2v) is 4.10. The van der Waals surface area contributed by atoms with E-state index < -0.39 is 11.1 Å². The van der Waals surface area contributed by atoms with Crippen molar-refractivity contribution in [3.63, 3.8) is 0 Å². The predicted molar refractivity (Wildman–Crippen MR) is 57.2 cm³/mol. The Hall–Kier alpha value is -1.59. The Kier molecular flexibility index (Phi) is 2.34. The highest BCUT2D eigenvalue weighted by molar-refractivity contribution is 7.79. The van der Waals surface area contributed by atoms with Crippen molar-refractivity contribution in [1.82, 2.24) is 0 Å². The molecule has 1 atom stereocenters. The van der Waals surface area contributed by atoms with Crippen LogP contribution in [-0.2, 0) is 11.1 Å². The van der Waals surface area contributed by atoms with Gasteiger partial charge in [0.25, 0.3) is 0 Å². The molecule has 0 spiro atoms. The normalized spacial score (nSPS) is 12.9. The topological polar surface area (TPSA) is 86.4 Å². The van der Waals surface area contributed by atoms with E-state index in [1.807, 2.05) is 0 Å². The summed E-state index contributed by atoms with van der Waals surface area (Å²) in [6.45, 7) is 0. The van der Waals surface area contributed by atoms with E-state index in [1.54, 1.807) is 18.2 Å². The summed E-state index contributed by atoms with van der Waals surface area (Å²) in [5.41, 5.74) is 6.09. The first-order chi connectivity index (χ1) is 7.08. The number of nitrogens with two attached hydrogens (primary N) is 1. The van der Waals surface area contributed by atoms with Gasteiger partial charge < -0.3 is 15.4 Å². The van der Waals surface area contributed by atoms with E-state index in [0.717, 1.165) is 0 Å². The maximum atomic E-state index is 10.7. The summed E-state index contributed by atoms with van der Waals surface area (Å²) >= 11 is -2.35. The molecular weight excluding hydrogens is 214 g/mol. The first-order valence-electron chi connectivity index (χ1n) is 4.19. The molecule has 0 radical (unpaired) electrons. The zero-order chi connectivity index (χ0) is 11.0. The second-order valence-electron chi connectivity index (χ2n) is 3.16. The molecule has 2 aromatic rings. The number of hydrogen-bond donors (Lipinski definition) is 2. The Morgan fingerprint density at radius 1 is 1.27 bits per heavy atom. The van der Waals surface area contributed by atoms with Crippen LogP contribution in [0.15, 0.2) is 35.2 Å². The number of rotatable bonds is 1. The molecule has 2 aromatic carbocycles. The van der Waals surface area contributed by atoms with Crippen LogP contribution in [0.3, 0.4) is 0 Å². The van der Waals surface area contributed by atoms with Crippen LogP contribution in [0.4, 0.5) is 5.69 Å². The average Bonchev–Trinajstić information content (AvgIpc) is 2.16. The largest absolute Gasteiger partial charge is 0.768 e. The van der Waals surface area contributed by atoms with Gasteiger partial charge in [0.1, 0.15) is 5.75 Å². The van der Waals surface area contributed by atoms with Crippen molar-refractivity contribution in [2.45, 2.75) is 4.90 Å². The van der Waals surface area contributed by atoms with Gasteiger partial charge in [-0.3, -0.25) is 4.21 Å². The van der Waals surface area contributed by atoms with Crippen molar-refractivity contribution < 1.29 is 13.9 Å². The molecule has 2 rings (SSSR count). The fourth-order valence-electron chi connectivity index (χ4n) is 1.44. The Morgan fingerprint density at radius 3 is 2.67 bits per heavy atom. The summed E-state index contributed by atoms with van der Waals surface area (Å²) < 4.78 is 21.5. The molecule has 0 aliphatic heterocycles. The van der Waals surface area contributed by atoms with Gasteiger partial charge in [-0.05, 0) is 46.8 Å². The summed E-state index contributed by atoms with van der Waals surface area (Å²) in [4.78, 5) is 0.0469. The van der Waals surface area contributed by atoms with Crippen LogP contribution in [0, 0.1) is 0 Å². The molecule has 0 heterocycles. The standard InChI is InChI=1S/C10H9NO3S/c11-7-1-2-9-6(3-7)4-8(15(13)14)5-10(9)12/h1-5,12H,11H2,(H,13,14)/p-1. The third kappa shape index (κ3) is 1.79. The van der Waals surface area contributed by atoms with Gasteiger partial charge >= 0.3 is 0 Å². The predicted octanol–water partition coefficient (Wildman–Crippen LogP) is 1.37. The Bertz CT molecular complexity index is 554. The number of anilines is 1. The van der Waals surface area contributed by atoms with Crippen molar-refractivity contribution in [2.24, 2.45) is 0 Å². The van der Waals surface area contributed by atoms with Crippen molar-refractivity contribution >= 4 is 27.5 Å². The molecule has 0 amide bonds. The first-order valence-corrected chi connectivity index (χ1v) is 5.27.